The first-order valence-electron chi connectivity index (χ1n) is 31.2. The second kappa shape index (κ2) is 71.6. The van der Waals surface area contributed by atoms with Crippen LogP contribution in [-0.4, -0.2) is 115 Å². The predicted molar refractivity (Wildman–Crippen MR) is 318 cm³/mol. The van der Waals surface area contributed by atoms with Crippen LogP contribution in [0.5, 0.6) is 0 Å². The van der Waals surface area contributed by atoms with Crippen LogP contribution in [0.25, 0.3) is 0 Å². The first-order valence-corrected chi connectivity index (χ1v) is 31.2. The standard InChI is InChI=1S/C34H63NO9.C16H30O4.C9H18O.2C2H6/c1-6-8-10-12-14-16-18-31(36)27-41-23-29(24-43-32(37)19-17-15-13-11-9-7-2)22-33(38)44-26-30(25-40-5)35-34(39)42-21-20-28(3)4;1-3-4-5-6-7-8-9-16(18)20-14-15(10-12-17)11-13-19-2;1-2-3-4-5-6-7-8-9-10;2*1-2/h28-30H,6-27H2,1-5H3,(H,35,39);12,15H,3-11,13-14H2,1-2H3;9H,2-8H2,1H3;2*1-2H3. The molecule has 0 bridgehead atoms. The van der Waals surface area contributed by atoms with Crippen molar-refractivity contribution in [2.75, 3.05) is 67.1 Å². The van der Waals surface area contributed by atoms with Gasteiger partial charge >= 0.3 is 24.0 Å². The van der Waals surface area contributed by atoms with E-state index in [-0.39, 0.29) is 63.1 Å². The van der Waals surface area contributed by atoms with E-state index in [0.29, 0.717) is 51.4 Å². The van der Waals surface area contributed by atoms with E-state index in [9.17, 15) is 33.6 Å². The number of amides is 1. The number of Topliss-reactive ketones (excluding diaryl/α,β-unsaturated/α-hetero) is 1. The summed E-state index contributed by atoms with van der Waals surface area (Å²) in [4.78, 5) is 81.4. The van der Waals surface area contributed by atoms with Crippen LogP contribution >= 0.6 is 0 Å². The minimum atomic E-state index is -0.599. The Morgan fingerprint density at radius 1 is 0.449 bits per heavy atom. The van der Waals surface area contributed by atoms with Gasteiger partial charge in [0.2, 0.25) is 0 Å². The summed E-state index contributed by atoms with van der Waals surface area (Å²) in [5.41, 5.74) is 0. The van der Waals surface area contributed by atoms with Crippen molar-refractivity contribution in [1.82, 2.24) is 5.32 Å². The van der Waals surface area contributed by atoms with Gasteiger partial charge in [-0.1, -0.05) is 198 Å². The number of nitrogens with one attached hydrogen (secondary N) is 1. The average molecular weight is 1120 g/mol. The molecule has 1 amide bonds. The highest BCUT2D eigenvalue weighted by Crippen LogP contribution is 2.14. The second-order valence-electron chi connectivity index (χ2n) is 20.1. The molecule has 3 atom stereocenters. The fraction of sp³-hybridized carbons (Fsp3) is 0.889. The van der Waals surface area contributed by atoms with Crippen LogP contribution in [0.2, 0.25) is 0 Å². The van der Waals surface area contributed by atoms with E-state index < -0.39 is 24.0 Å². The highest BCUT2D eigenvalue weighted by molar-refractivity contribution is 5.79. The summed E-state index contributed by atoms with van der Waals surface area (Å²) in [5, 5.41) is 2.66. The van der Waals surface area contributed by atoms with Crippen LogP contribution in [-0.2, 0) is 61.9 Å². The first-order chi connectivity index (χ1) is 37.9. The Balaban J connectivity index is -0.000000426. The Morgan fingerprint density at radius 3 is 1.35 bits per heavy atom. The second-order valence-corrected chi connectivity index (χ2v) is 20.1. The van der Waals surface area contributed by atoms with Crippen molar-refractivity contribution >= 4 is 42.4 Å². The number of aldehydes is 2. The lowest BCUT2D eigenvalue weighted by molar-refractivity contribution is -0.152. The molecule has 464 valence electrons. The SMILES string of the molecule is CC.CC.CCCCCCCCC(=O)COCC(COC(=O)CCCCCCCC)CC(=O)OCC(COC)NC(=O)OCCC(C)C.CCCCCCCCC(=O)OCC(CC=O)CCOC.CCCCCCCCC=O. The number of carbonyl (C=O) groups excluding carboxylic acids is 7. The van der Waals surface area contributed by atoms with Gasteiger partial charge in [0, 0.05) is 64.8 Å². The van der Waals surface area contributed by atoms with Gasteiger partial charge in [-0.15, -0.1) is 0 Å². The molecule has 0 fully saturated rings. The van der Waals surface area contributed by atoms with Crippen LogP contribution in [0.4, 0.5) is 4.79 Å². The molecular formula is C63H123NO14. The number of esters is 3. The van der Waals surface area contributed by atoms with Crippen molar-refractivity contribution in [1.29, 1.82) is 0 Å². The van der Waals surface area contributed by atoms with Crippen molar-refractivity contribution in [3.8, 4) is 0 Å². The van der Waals surface area contributed by atoms with E-state index in [1.54, 1.807) is 7.11 Å². The van der Waals surface area contributed by atoms with E-state index in [1.165, 1.54) is 103 Å². The largest absolute Gasteiger partial charge is 0.465 e. The van der Waals surface area contributed by atoms with Crippen molar-refractivity contribution in [2.24, 2.45) is 17.8 Å². The Bertz CT molecular complexity index is 1300. The average Bonchev–Trinajstić information content (AvgIpc) is 3.43. The minimum Gasteiger partial charge on any atom is -0.465 e. The van der Waals surface area contributed by atoms with Crippen LogP contribution < -0.4 is 5.32 Å². The molecule has 0 rings (SSSR count). The Hall–Kier alpha value is -3.43. The maximum Gasteiger partial charge on any atom is 0.407 e. The van der Waals surface area contributed by atoms with E-state index >= 15 is 0 Å². The lowest BCUT2D eigenvalue weighted by atomic mass is 10.0. The number of carbonyl (C=O) groups is 7. The summed E-state index contributed by atoms with van der Waals surface area (Å²) in [6.45, 7) is 22.1. The molecule has 0 aliphatic rings. The maximum absolute atomic E-state index is 12.7. The molecule has 0 saturated heterocycles. The predicted octanol–water partition coefficient (Wildman–Crippen LogP) is 15.5. The van der Waals surface area contributed by atoms with Gasteiger partial charge in [0.05, 0.1) is 45.5 Å². The number of methoxy groups -OCH3 is 2. The molecule has 0 radical (unpaired) electrons. The van der Waals surface area contributed by atoms with Gasteiger partial charge in [-0.2, -0.15) is 0 Å². The maximum atomic E-state index is 12.7. The zero-order chi connectivity index (χ0) is 59.6. The first kappa shape index (κ1) is 83.4. The van der Waals surface area contributed by atoms with E-state index in [0.717, 1.165) is 89.6 Å². The quantitative estimate of drug-likeness (QED) is 0.0261. The molecule has 15 nitrogen and oxygen atoms in total. The minimum absolute atomic E-state index is 0.00266. The zero-order valence-corrected chi connectivity index (χ0v) is 52.5. The highest BCUT2D eigenvalue weighted by atomic mass is 16.6. The number of unbranched alkanes of at least 4 members (excludes halogenated alkanes) is 21. The molecule has 1 N–H and O–H groups in total. The smallest absolute Gasteiger partial charge is 0.407 e. The van der Waals surface area contributed by atoms with Gasteiger partial charge in [0.15, 0.2) is 5.78 Å². The fourth-order valence-electron chi connectivity index (χ4n) is 7.46. The van der Waals surface area contributed by atoms with Crippen molar-refractivity contribution < 1.29 is 66.7 Å². The van der Waals surface area contributed by atoms with Crippen molar-refractivity contribution in [3.63, 3.8) is 0 Å². The lowest BCUT2D eigenvalue weighted by Gasteiger charge is -2.20. The molecule has 3 unspecified atom stereocenters. The molecule has 78 heavy (non-hydrogen) atoms. The van der Waals surface area contributed by atoms with Crippen LogP contribution in [0.1, 0.15) is 275 Å². The molecule has 0 aliphatic carbocycles. The molecule has 0 aromatic carbocycles. The van der Waals surface area contributed by atoms with Crippen molar-refractivity contribution in [3.05, 3.63) is 0 Å². The Kier molecular flexibility index (Phi) is 76.5. The van der Waals surface area contributed by atoms with Gasteiger partial charge < -0.3 is 48.1 Å². The summed E-state index contributed by atoms with van der Waals surface area (Å²) in [7, 11) is 3.11. The van der Waals surface area contributed by atoms with E-state index in [4.69, 9.17) is 33.2 Å². The van der Waals surface area contributed by atoms with Crippen LogP contribution in [0.15, 0.2) is 0 Å². The highest BCUT2D eigenvalue weighted by Gasteiger charge is 2.21. The topological polar surface area (TPSA) is 196 Å². The monoisotopic (exact) mass is 1120 g/mol. The number of hydrogen-bond acceptors (Lipinski definition) is 14. The van der Waals surface area contributed by atoms with Gasteiger partial charge in [0.1, 0.15) is 25.8 Å². The van der Waals surface area contributed by atoms with Gasteiger partial charge in [-0.25, -0.2) is 4.79 Å². The summed E-state index contributed by atoms with van der Waals surface area (Å²) in [6, 6.07) is -0.583. The van der Waals surface area contributed by atoms with Crippen LogP contribution in [0.3, 0.4) is 0 Å². The number of rotatable bonds is 51. The molecule has 0 heterocycles. The lowest BCUT2D eigenvalue weighted by Crippen LogP contribution is -2.42. The Labute approximate surface area is 478 Å². The third-order valence-electron chi connectivity index (χ3n) is 12.2. The van der Waals surface area contributed by atoms with E-state index in [2.05, 4.69) is 33.0 Å². The van der Waals surface area contributed by atoms with E-state index in [1.807, 2.05) is 41.5 Å². The third kappa shape index (κ3) is 70.6. The molecule has 15 heteroatoms. The van der Waals surface area contributed by atoms with Crippen molar-refractivity contribution in [2.45, 2.75) is 281 Å². The summed E-state index contributed by atoms with van der Waals surface area (Å²) in [6.07, 6.45) is 32.8. The van der Waals surface area contributed by atoms with Gasteiger partial charge in [-0.3, -0.25) is 19.2 Å². The number of ketones is 1. The molecule has 0 aliphatic heterocycles. The normalized spacial score (nSPS) is 11.6. The summed E-state index contributed by atoms with van der Waals surface area (Å²) >= 11 is 0. The number of hydrogen-bond donors (Lipinski definition) is 1. The molecular weight excluding hydrogens is 995 g/mol. The zero-order valence-electron chi connectivity index (χ0n) is 52.5. The van der Waals surface area contributed by atoms with Crippen LogP contribution in [0, 0.1) is 17.8 Å². The molecule has 0 aromatic heterocycles. The summed E-state index contributed by atoms with van der Waals surface area (Å²) in [5.74, 6) is -0.930. The third-order valence-corrected chi connectivity index (χ3v) is 12.2. The Morgan fingerprint density at radius 2 is 0.897 bits per heavy atom. The number of alkyl carbamates (subject to hydrolysis) is 1. The molecule has 0 saturated carbocycles. The number of ether oxygens (including phenoxy) is 7. The molecule has 0 spiro atoms. The van der Waals surface area contributed by atoms with Gasteiger partial charge in [0.25, 0.3) is 0 Å². The van der Waals surface area contributed by atoms with Gasteiger partial charge in [-0.05, 0) is 44.4 Å². The molecule has 0 aromatic rings. The fourth-order valence-corrected chi connectivity index (χ4v) is 7.46. The summed E-state index contributed by atoms with van der Waals surface area (Å²) < 4.78 is 37.1.